The van der Waals surface area contributed by atoms with E-state index < -0.39 is 5.60 Å². The molecule has 0 fully saturated rings. The second-order valence-electron chi connectivity index (χ2n) is 10.3. The highest BCUT2D eigenvalue weighted by atomic mass is 16.5. The summed E-state index contributed by atoms with van der Waals surface area (Å²) in [7, 11) is 0. The average molecular weight is 499 g/mol. The number of ether oxygens (including phenoxy) is 2. The highest BCUT2D eigenvalue weighted by molar-refractivity contribution is 5.76. The van der Waals surface area contributed by atoms with Crippen LogP contribution in [0.2, 0.25) is 0 Å². The van der Waals surface area contributed by atoms with Gasteiger partial charge in [-0.25, -0.2) is 4.68 Å². The second-order valence-corrected chi connectivity index (χ2v) is 10.3. The quantitative estimate of drug-likeness (QED) is 0.349. The van der Waals surface area contributed by atoms with Gasteiger partial charge < -0.3 is 19.2 Å². The lowest BCUT2D eigenvalue weighted by Gasteiger charge is -2.30. The van der Waals surface area contributed by atoms with Crippen LogP contribution in [0.4, 0.5) is 0 Å². The fraction of sp³-hybridized carbons (Fsp3) is 0.577. The summed E-state index contributed by atoms with van der Waals surface area (Å²) in [6.07, 6.45) is 2.95. The third-order valence-electron chi connectivity index (χ3n) is 5.86. The number of nitrogens with one attached hydrogen (secondary N) is 1. The molecule has 3 rings (SSSR count). The Bertz CT molecular complexity index is 1120. The van der Waals surface area contributed by atoms with E-state index in [0.29, 0.717) is 38.0 Å². The number of benzene rings is 1. The minimum atomic E-state index is -0.470. The zero-order valence-electron chi connectivity index (χ0n) is 22.4. The predicted molar refractivity (Wildman–Crippen MR) is 135 cm³/mol. The smallest absolute Gasteiger partial charge is 0.247 e. The first-order valence-electron chi connectivity index (χ1n) is 12.3. The van der Waals surface area contributed by atoms with Crippen molar-refractivity contribution in [3.05, 3.63) is 47.6 Å². The summed E-state index contributed by atoms with van der Waals surface area (Å²) in [5.74, 6) is 1.03. The summed E-state index contributed by atoms with van der Waals surface area (Å²) >= 11 is 0. The SMILES string of the molecule is Cc1nnc(-c2ccc(C(C)(C)OCCC(C)(C)n3cc(COCCC(=O)NC(C)C)nn3)cc2)o1. The molecule has 1 N–H and O–H groups in total. The van der Waals surface area contributed by atoms with Crippen LogP contribution in [0.5, 0.6) is 0 Å². The van der Waals surface area contributed by atoms with Crippen LogP contribution < -0.4 is 5.32 Å². The van der Waals surface area contributed by atoms with E-state index in [-0.39, 0.29) is 17.5 Å². The van der Waals surface area contributed by atoms with Crippen molar-refractivity contribution in [1.29, 1.82) is 0 Å². The van der Waals surface area contributed by atoms with E-state index in [9.17, 15) is 4.79 Å². The molecular weight excluding hydrogens is 460 g/mol. The summed E-state index contributed by atoms with van der Waals surface area (Å²) in [5.41, 5.74) is 1.90. The molecule has 10 heteroatoms. The van der Waals surface area contributed by atoms with Gasteiger partial charge in [-0.15, -0.1) is 15.3 Å². The Morgan fingerprint density at radius 2 is 1.81 bits per heavy atom. The molecule has 0 saturated heterocycles. The maximum atomic E-state index is 11.7. The summed E-state index contributed by atoms with van der Waals surface area (Å²) in [6.45, 7) is 15.1. The third-order valence-corrected chi connectivity index (χ3v) is 5.86. The van der Waals surface area contributed by atoms with Crippen molar-refractivity contribution in [2.75, 3.05) is 13.2 Å². The number of aryl methyl sites for hydroxylation is 1. The summed E-state index contributed by atoms with van der Waals surface area (Å²) < 4.78 is 19.2. The van der Waals surface area contributed by atoms with Gasteiger partial charge in [-0.3, -0.25) is 4.79 Å². The van der Waals surface area contributed by atoms with Crippen molar-refractivity contribution in [3.63, 3.8) is 0 Å². The summed E-state index contributed by atoms with van der Waals surface area (Å²) in [4.78, 5) is 11.7. The zero-order chi connectivity index (χ0) is 26.3. The van der Waals surface area contributed by atoms with Crippen LogP contribution in [-0.4, -0.2) is 50.4 Å². The Balaban J connectivity index is 1.47. The Hall–Kier alpha value is -3.11. The molecule has 2 aromatic heterocycles. The minimum Gasteiger partial charge on any atom is -0.421 e. The van der Waals surface area contributed by atoms with Gasteiger partial charge in [0.05, 0.1) is 37.2 Å². The van der Waals surface area contributed by atoms with Crippen molar-refractivity contribution in [2.24, 2.45) is 0 Å². The van der Waals surface area contributed by atoms with Crippen LogP contribution in [0, 0.1) is 6.92 Å². The monoisotopic (exact) mass is 498 g/mol. The largest absolute Gasteiger partial charge is 0.421 e. The molecule has 0 atom stereocenters. The lowest BCUT2D eigenvalue weighted by molar-refractivity contribution is -0.122. The lowest BCUT2D eigenvalue weighted by Crippen LogP contribution is -2.31. The molecule has 196 valence electrons. The first-order chi connectivity index (χ1) is 17.0. The Morgan fingerprint density at radius 1 is 1.08 bits per heavy atom. The molecule has 0 unspecified atom stereocenters. The Labute approximate surface area is 212 Å². The van der Waals surface area contributed by atoms with E-state index >= 15 is 0 Å². The molecule has 1 amide bonds. The van der Waals surface area contributed by atoms with Gasteiger partial charge in [0.25, 0.3) is 0 Å². The number of amides is 1. The van der Waals surface area contributed by atoms with Gasteiger partial charge in [-0.2, -0.15) is 0 Å². The van der Waals surface area contributed by atoms with Crippen molar-refractivity contribution in [2.45, 2.75) is 85.1 Å². The van der Waals surface area contributed by atoms with Crippen LogP contribution in [0.15, 0.2) is 34.9 Å². The number of aromatic nitrogens is 5. The molecule has 0 radical (unpaired) electrons. The van der Waals surface area contributed by atoms with Gasteiger partial charge in [0.1, 0.15) is 5.69 Å². The van der Waals surface area contributed by atoms with E-state index in [1.54, 1.807) is 6.92 Å². The van der Waals surface area contributed by atoms with Crippen LogP contribution in [0.1, 0.15) is 71.5 Å². The molecule has 2 heterocycles. The second kappa shape index (κ2) is 11.7. The topological polar surface area (TPSA) is 117 Å². The minimum absolute atomic E-state index is 0.0180. The third kappa shape index (κ3) is 7.69. The van der Waals surface area contributed by atoms with Crippen LogP contribution in [0.3, 0.4) is 0 Å². The molecule has 10 nitrogen and oxygen atoms in total. The highest BCUT2D eigenvalue weighted by Gasteiger charge is 2.26. The maximum Gasteiger partial charge on any atom is 0.247 e. The molecule has 36 heavy (non-hydrogen) atoms. The summed E-state index contributed by atoms with van der Waals surface area (Å²) in [6, 6.07) is 8.11. The number of nitrogens with zero attached hydrogens (tertiary/aromatic N) is 5. The van der Waals surface area contributed by atoms with Gasteiger partial charge >= 0.3 is 0 Å². The van der Waals surface area contributed by atoms with E-state index in [0.717, 1.165) is 23.2 Å². The lowest BCUT2D eigenvalue weighted by atomic mass is 9.96. The zero-order valence-corrected chi connectivity index (χ0v) is 22.4. The average Bonchev–Trinajstić information content (AvgIpc) is 3.46. The van der Waals surface area contributed by atoms with Gasteiger partial charge in [0, 0.05) is 24.9 Å². The van der Waals surface area contributed by atoms with E-state index in [2.05, 4.69) is 53.5 Å². The number of hydrogen-bond acceptors (Lipinski definition) is 8. The van der Waals surface area contributed by atoms with E-state index in [4.69, 9.17) is 13.9 Å². The number of hydrogen-bond donors (Lipinski definition) is 1. The fourth-order valence-electron chi connectivity index (χ4n) is 3.58. The number of carbonyl (C=O) groups excluding carboxylic acids is 1. The van der Waals surface area contributed by atoms with E-state index in [1.165, 1.54) is 0 Å². The van der Waals surface area contributed by atoms with Gasteiger partial charge in [0.15, 0.2) is 0 Å². The van der Waals surface area contributed by atoms with Crippen molar-refractivity contribution < 1.29 is 18.7 Å². The first-order valence-corrected chi connectivity index (χ1v) is 12.3. The van der Waals surface area contributed by atoms with Crippen LogP contribution >= 0.6 is 0 Å². The van der Waals surface area contributed by atoms with Crippen molar-refractivity contribution >= 4 is 5.91 Å². The molecule has 0 spiro atoms. The maximum absolute atomic E-state index is 11.7. The molecule has 3 aromatic rings. The molecule has 0 aliphatic carbocycles. The number of rotatable bonds is 13. The van der Waals surface area contributed by atoms with Crippen LogP contribution in [-0.2, 0) is 32.0 Å². The molecule has 0 aliphatic rings. The molecular formula is C26H38N6O4. The molecule has 1 aromatic carbocycles. The first kappa shape index (κ1) is 27.5. The Kier molecular flexibility index (Phi) is 8.97. The van der Waals surface area contributed by atoms with Crippen molar-refractivity contribution in [1.82, 2.24) is 30.5 Å². The molecule has 0 bridgehead atoms. The van der Waals surface area contributed by atoms with Crippen LogP contribution in [0.25, 0.3) is 11.5 Å². The Morgan fingerprint density at radius 3 is 2.44 bits per heavy atom. The van der Waals surface area contributed by atoms with Gasteiger partial charge in [-0.05, 0) is 65.7 Å². The standard InChI is InChI=1S/C26H38N6O4/c1-18(2)27-23(33)12-14-34-17-22-16-32(31-29-22)25(4,5)13-15-35-26(6,7)21-10-8-20(9-11-21)24-30-28-19(3)36-24/h8-11,16,18H,12-15,17H2,1-7H3,(H,27,33). The van der Waals surface area contributed by atoms with Gasteiger partial charge in [-0.1, -0.05) is 17.3 Å². The number of carbonyl (C=O) groups is 1. The molecule has 0 saturated carbocycles. The van der Waals surface area contributed by atoms with Gasteiger partial charge in [0.2, 0.25) is 17.7 Å². The van der Waals surface area contributed by atoms with Crippen molar-refractivity contribution in [3.8, 4) is 11.5 Å². The predicted octanol–water partition coefficient (Wildman–Crippen LogP) is 4.14. The molecule has 0 aliphatic heterocycles. The summed E-state index contributed by atoms with van der Waals surface area (Å²) in [5, 5.41) is 19.3. The highest BCUT2D eigenvalue weighted by Crippen LogP contribution is 2.29. The fourth-order valence-corrected chi connectivity index (χ4v) is 3.58. The normalized spacial score (nSPS) is 12.3. The van der Waals surface area contributed by atoms with E-state index in [1.807, 2.05) is 49.0 Å².